The lowest BCUT2D eigenvalue weighted by molar-refractivity contribution is 0.501. The van der Waals surface area contributed by atoms with Crippen molar-refractivity contribution in [3.63, 3.8) is 0 Å². The Morgan fingerprint density at radius 2 is 1.91 bits per heavy atom. The van der Waals surface area contributed by atoms with Gasteiger partial charge < -0.3 is 10.6 Å². The van der Waals surface area contributed by atoms with Crippen molar-refractivity contribution in [3.05, 3.63) is 24.3 Å². The van der Waals surface area contributed by atoms with E-state index in [0.29, 0.717) is 11.7 Å². The van der Waals surface area contributed by atoms with Gasteiger partial charge in [-0.05, 0) is 37.1 Å². The summed E-state index contributed by atoms with van der Waals surface area (Å²) in [5.74, 6) is 0.827. The highest BCUT2D eigenvalue weighted by atomic mass is 32.2. The molecule has 2 heterocycles. The van der Waals surface area contributed by atoms with Gasteiger partial charge in [0.25, 0.3) is 10.0 Å². The largest absolute Gasteiger partial charge is 0.371 e. The van der Waals surface area contributed by atoms with E-state index >= 15 is 0 Å². The molecule has 8 heteroatoms. The predicted octanol–water partition coefficient (Wildman–Crippen LogP) is 0.995. The van der Waals surface area contributed by atoms with Gasteiger partial charge in [-0.2, -0.15) is 0 Å². The average Bonchev–Trinajstić information content (AvgIpc) is 3.00. The molecule has 22 heavy (non-hydrogen) atoms. The SMILES string of the molecule is NC1CCN(c2ccc(S(=O)(=O)NC3=NCCS3)cc2)CC1. The number of amidine groups is 1. The van der Waals surface area contributed by atoms with Gasteiger partial charge >= 0.3 is 0 Å². The molecule has 0 spiro atoms. The standard InChI is InChI=1S/C14H20N4O2S2/c15-11-5-8-18(9-6-11)12-1-3-13(4-2-12)22(19,20)17-14-16-7-10-21-14/h1-4,11H,5-10,15H2,(H,16,17). The van der Waals surface area contributed by atoms with Crippen molar-refractivity contribution >= 4 is 32.6 Å². The monoisotopic (exact) mass is 340 g/mol. The highest BCUT2D eigenvalue weighted by Crippen LogP contribution is 2.22. The summed E-state index contributed by atoms with van der Waals surface area (Å²) < 4.78 is 27.1. The Labute approximate surface area is 135 Å². The lowest BCUT2D eigenvalue weighted by Gasteiger charge is -2.32. The van der Waals surface area contributed by atoms with Gasteiger partial charge in [-0.3, -0.25) is 9.71 Å². The first kappa shape index (κ1) is 15.6. The van der Waals surface area contributed by atoms with Crippen molar-refractivity contribution < 1.29 is 8.42 Å². The third kappa shape index (κ3) is 3.56. The first-order valence-electron chi connectivity index (χ1n) is 7.35. The molecule has 0 saturated carbocycles. The van der Waals surface area contributed by atoms with Gasteiger partial charge in [0.15, 0.2) is 5.17 Å². The second-order valence-electron chi connectivity index (χ2n) is 5.46. The zero-order chi connectivity index (χ0) is 15.6. The fourth-order valence-electron chi connectivity index (χ4n) is 2.56. The number of hydrogen-bond donors (Lipinski definition) is 2. The quantitative estimate of drug-likeness (QED) is 0.857. The van der Waals surface area contributed by atoms with E-state index in [0.717, 1.165) is 37.4 Å². The zero-order valence-electron chi connectivity index (χ0n) is 12.2. The molecule has 6 nitrogen and oxygen atoms in total. The number of sulfonamides is 1. The van der Waals surface area contributed by atoms with Crippen LogP contribution in [0.15, 0.2) is 34.2 Å². The van der Waals surface area contributed by atoms with Crippen LogP contribution in [0.5, 0.6) is 0 Å². The number of benzene rings is 1. The summed E-state index contributed by atoms with van der Waals surface area (Å²) in [6.45, 7) is 2.50. The Morgan fingerprint density at radius 1 is 1.23 bits per heavy atom. The maximum Gasteiger partial charge on any atom is 0.263 e. The molecular weight excluding hydrogens is 320 g/mol. The van der Waals surface area contributed by atoms with Crippen LogP contribution in [-0.2, 0) is 10.0 Å². The molecule has 120 valence electrons. The average molecular weight is 340 g/mol. The minimum Gasteiger partial charge on any atom is -0.371 e. The topological polar surface area (TPSA) is 87.8 Å². The fraction of sp³-hybridized carbons (Fsp3) is 0.500. The normalized spacial score (nSPS) is 20.0. The van der Waals surface area contributed by atoms with E-state index in [4.69, 9.17) is 5.73 Å². The van der Waals surface area contributed by atoms with Crippen LogP contribution in [0.25, 0.3) is 0 Å². The molecule has 1 aromatic rings. The Hall–Kier alpha value is -1.25. The molecule has 0 amide bonds. The number of nitrogens with one attached hydrogen (secondary N) is 1. The van der Waals surface area contributed by atoms with E-state index in [-0.39, 0.29) is 10.9 Å². The zero-order valence-corrected chi connectivity index (χ0v) is 13.9. The molecule has 0 aromatic heterocycles. The van der Waals surface area contributed by atoms with Gasteiger partial charge in [0, 0.05) is 30.6 Å². The van der Waals surface area contributed by atoms with Crippen LogP contribution in [0.3, 0.4) is 0 Å². The molecule has 2 aliphatic heterocycles. The number of nitrogens with zero attached hydrogens (tertiary/aromatic N) is 2. The van der Waals surface area contributed by atoms with Gasteiger partial charge in [0.2, 0.25) is 0 Å². The minimum absolute atomic E-state index is 0.264. The number of aliphatic imine (C=N–C) groups is 1. The minimum atomic E-state index is -3.54. The maximum absolute atomic E-state index is 12.3. The summed E-state index contributed by atoms with van der Waals surface area (Å²) in [6.07, 6.45) is 1.94. The number of anilines is 1. The Balaban J connectivity index is 1.70. The van der Waals surface area contributed by atoms with Crippen LogP contribution in [0.4, 0.5) is 5.69 Å². The molecule has 1 saturated heterocycles. The molecule has 0 bridgehead atoms. The van der Waals surface area contributed by atoms with Gasteiger partial charge in [-0.1, -0.05) is 11.8 Å². The predicted molar refractivity (Wildman–Crippen MR) is 90.9 cm³/mol. The van der Waals surface area contributed by atoms with Crippen molar-refractivity contribution in [3.8, 4) is 0 Å². The molecular formula is C14H20N4O2S2. The summed E-state index contributed by atoms with van der Waals surface area (Å²) >= 11 is 1.43. The molecule has 0 aliphatic carbocycles. The molecule has 0 atom stereocenters. The van der Waals surface area contributed by atoms with Crippen LogP contribution in [-0.4, -0.2) is 45.0 Å². The molecule has 1 aromatic carbocycles. The molecule has 3 rings (SSSR count). The van der Waals surface area contributed by atoms with Crippen molar-refractivity contribution in [2.45, 2.75) is 23.8 Å². The molecule has 1 fully saturated rings. The van der Waals surface area contributed by atoms with Gasteiger partial charge in [0.05, 0.1) is 11.4 Å². The molecule has 0 unspecified atom stereocenters. The Bertz CT molecular complexity index is 650. The molecule has 3 N–H and O–H groups in total. The van der Waals surface area contributed by atoms with E-state index in [9.17, 15) is 8.42 Å². The second-order valence-corrected chi connectivity index (χ2v) is 8.23. The van der Waals surface area contributed by atoms with Crippen molar-refractivity contribution in [1.29, 1.82) is 0 Å². The van der Waals surface area contributed by atoms with Gasteiger partial charge in [-0.15, -0.1) is 0 Å². The number of hydrogen-bond acceptors (Lipinski definition) is 6. The highest BCUT2D eigenvalue weighted by Gasteiger charge is 2.20. The smallest absolute Gasteiger partial charge is 0.263 e. The van der Waals surface area contributed by atoms with E-state index in [1.54, 1.807) is 12.1 Å². The number of rotatable bonds is 3. The van der Waals surface area contributed by atoms with E-state index in [1.807, 2.05) is 12.1 Å². The molecule has 2 aliphatic rings. The van der Waals surface area contributed by atoms with Crippen LogP contribution >= 0.6 is 11.8 Å². The third-order valence-corrected chi connectivity index (χ3v) is 6.23. The van der Waals surface area contributed by atoms with Crippen molar-refractivity contribution in [2.75, 3.05) is 30.3 Å². The lowest BCUT2D eigenvalue weighted by Crippen LogP contribution is -2.39. The van der Waals surface area contributed by atoms with Gasteiger partial charge in [-0.25, -0.2) is 8.42 Å². The van der Waals surface area contributed by atoms with E-state index < -0.39 is 10.0 Å². The summed E-state index contributed by atoms with van der Waals surface area (Å²) in [7, 11) is -3.54. The first-order valence-corrected chi connectivity index (χ1v) is 9.82. The van der Waals surface area contributed by atoms with Crippen LogP contribution in [0.2, 0.25) is 0 Å². The fourth-order valence-corrected chi connectivity index (χ4v) is 4.59. The van der Waals surface area contributed by atoms with E-state index in [2.05, 4.69) is 14.6 Å². The summed E-state index contributed by atoms with van der Waals surface area (Å²) in [4.78, 5) is 6.62. The lowest BCUT2D eigenvalue weighted by atomic mass is 10.1. The van der Waals surface area contributed by atoms with Gasteiger partial charge in [0.1, 0.15) is 0 Å². The van der Waals surface area contributed by atoms with E-state index in [1.165, 1.54) is 11.8 Å². The van der Waals surface area contributed by atoms with Crippen molar-refractivity contribution in [1.82, 2.24) is 4.72 Å². The summed E-state index contributed by atoms with van der Waals surface area (Å²) in [5, 5.41) is 0.481. The van der Waals surface area contributed by atoms with Crippen LogP contribution in [0, 0.1) is 0 Å². The molecule has 0 radical (unpaired) electrons. The third-order valence-electron chi connectivity index (χ3n) is 3.86. The number of nitrogens with two attached hydrogens (primary N) is 1. The number of piperidine rings is 1. The van der Waals surface area contributed by atoms with Crippen LogP contribution < -0.4 is 15.4 Å². The first-order chi connectivity index (χ1) is 10.5. The van der Waals surface area contributed by atoms with Crippen LogP contribution in [0.1, 0.15) is 12.8 Å². The maximum atomic E-state index is 12.3. The summed E-state index contributed by atoms with van der Waals surface area (Å²) in [6, 6.07) is 7.28. The Kier molecular flexibility index (Phi) is 4.60. The number of thioether (sulfide) groups is 1. The Morgan fingerprint density at radius 3 is 2.50 bits per heavy atom. The second kappa shape index (κ2) is 6.47. The summed E-state index contributed by atoms with van der Waals surface area (Å²) in [5.41, 5.74) is 6.95. The van der Waals surface area contributed by atoms with Crippen molar-refractivity contribution in [2.24, 2.45) is 10.7 Å². The highest BCUT2D eigenvalue weighted by molar-refractivity contribution is 8.15.